The van der Waals surface area contributed by atoms with E-state index in [1.165, 1.54) is 0 Å². The second kappa shape index (κ2) is 2.31. The lowest BCUT2D eigenvalue weighted by Gasteiger charge is -2.13. The molecule has 0 bridgehead atoms. The van der Waals surface area contributed by atoms with Crippen LogP contribution in [0.5, 0.6) is 0 Å². The lowest BCUT2D eigenvalue weighted by atomic mass is 9.94. The SMILES string of the molecule is CC(C)(C)c1ccc(Cl)o1. The largest absolute Gasteiger partial charge is 0.449 e. The fraction of sp³-hybridized carbons (Fsp3) is 0.500. The molecule has 0 aliphatic rings. The first-order valence-corrected chi connectivity index (χ1v) is 3.64. The van der Waals surface area contributed by atoms with Gasteiger partial charge in [-0.1, -0.05) is 20.8 Å². The Hall–Kier alpha value is -0.430. The van der Waals surface area contributed by atoms with E-state index < -0.39 is 0 Å². The molecule has 0 radical (unpaired) electrons. The van der Waals surface area contributed by atoms with Gasteiger partial charge in [-0.25, -0.2) is 0 Å². The van der Waals surface area contributed by atoms with Crippen LogP contribution >= 0.6 is 11.6 Å². The van der Waals surface area contributed by atoms with E-state index in [9.17, 15) is 0 Å². The highest BCUT2D eigenvalue weighted by molar-refractivity contribution is 6.28. The predicted octanol–water partition coefficient (Wildman–Crippen LogP) is 3.23. The Bertz CT molecular complexity index is 219. The summed E-state index contributed by atoms with van der Waals surface area (Å²) in [5.74, 6) is 0.928. The summed E-state index contributed by atoms with van der Waals surface area (Å²) in [6, 6.07) is 3.67. The Morgan fingerprint density at radius 3 is 2.10 bits per heavy atom. The molecule has 0 amide bonds. The Balaban J connectivity index is 2.96. The number of hydrogen-bond acceptors (Lipinski definition) is 1. The molecule has 0 N–H and O–H groups in total. The minimum absolute atomic E-state index is 0.0626. The summed E-state index contributed by atoms with van der Waals surface area (Å²) in [5, 5.41) is 0.463. The van der Waals surface area contributed by atoms with Crippen molar-refractivity contribution >= 4 is 11.6 Å². The van der Waals surface area contributed by atoms with Gasteiger partial charge in [0.1, 0.15) is 5.76 Å². The molecule has 1 nitrogen and oxygen atoms in total. The normalized spacial score (nSPS) is 12.0. The van der Waals surface area contributed by atoms with E-state index in [-0.39, 0.29) is 5.41 Å². The maximum absolute atomic E-state index is 5.60. The van der Waals surface area contributed by atoms with Gasteiger partial charge < -0.3 is 4.42 Å². The quantitative estimate of drug-likeness (QED) is 0.565. The van der Waals surface area contributed by atoms with E-state index in [0.29, 0.717) is 5.22 Å². The predicted molar refractivity (Wildman–Crippen MR) is 42.4 cm³/mol. The number of rotatable bonds is 0. The van der Waals surface area contributed by atoms with E-state index in [4.69, 9.17) is 16.0 Å². The minimum atomic E-state index is 0.0626. The lowest BCUT2D eigenvalue weighted by Crippen LogP contribution is -2.08. The molecular weight excluding hydrogens is 148 g/mol. The highest BCUT2D eigenvalue weighted by Crippen LogP contribution is 2.25. The summed E-state index contributed by atoms with van der Waals surface area (Å²) in [7, 11) is 0. The van der Waals surface area contributed by atoms with E-state index in [2.05, 4.69) is 20.8 Å². The third-order valence-corrected chi connectivity index (χ3v) is 1.52. The molecule has 0 fully saturated rings. The van der Waals surface area contributed by atoms with Crippen molar-refractivity contribution in [2.75, 3.05) is 0 Å². The van der Waals surface area contributed by atoms with Crippen LogP contribution in [0.25, 0.3) is 0 Å². The van der Waals surface area contributed by atoms with Crippen molar-refractivity contribution < 1.29 is 4.42 Å². The summed E-state index contributed by atoms with van der Waals surface area (Å²) in [5.41, 5.74) is 0.0626. The average Bonchev–Trinajstić information content (AvgIpc) is 2.11. The van der Waals surface area contributed by atoms with Crippen molar-refractivity contribution in [3.05, 3.63) is 23.1 Å². The molecule has 0 aliphatic carbocycles. The van der Waals surface area contributed by atoms with Gasteiger partial charge in [-0.05, 0) is 23.7 Å². The van der Waals surface area contributed by atoms with Gasteiger partial charge in [0.15, 0.2) is 5.22 Å². The van der Waals surface area contributed by atoms with Gasteiger partial charge in [-0.2, -0.15) is 0 Å². The molecule has 1 aromatic rings. The topological polar surface area (TPSA) is 13.1 Å². The first-order chi connectivity index (χ1) is 4.50. The third kappa shape index (κ3) is 1.54. The first-order valence-electron chi connectivity index (χ1n) is 3.26. The smallest absolute Gasteiger partial charge is 0.193 e. The number of furan rings is 1. The molecule has 2 heteroatoms. The summed E-state index contributed by atoms with van der Waals surface area (Å²) >= 11 is 5.60. The van der Waals surface area contributed by atoms with Crippen molar-refractivity contribution in [1.29, 1.82) is 0 Å². The molecule has 0 saturated carbocycles. The fourth-order valence-electron chi connectivity index (χ4n) is 0.717. The Morgan fingerprint density at radius 1 is 1.30 bits per heavy atom. The molecule has 56 valence electrons. The van der Waals surface area contributed by atoms with Gasteiger partial charge in [-0.3, -0.25) is 0 Å². The van der Waals surface area contributed by atoms with Gasteiger partial charge >= 0.3 is 0 Å². The zero-order valence-corrected chi connectivity index (χ0v) is 7.20. The molecule has 0 saturated heterocycles. The molecule has 1 heterocycles. The van der Waals surface area contributed by atoms with Crippen molar-refractivity contribution in [2.45, 2.75) is 26.2 Å². The molecule has 0 spiro atoms. The van der Waals surface area contributed by atoms with Crippen LogP contribution in [0.1, 0.15) is 26.5 Å². The Labute approximate surface area is 66.0 Å². The van der Waals surface area contributed by atoms with Crippen molar-refractivity contribution in [3.63, 3.8) is 0 Å². The maximum Gasteiger partial charge on any atom is 0.193 e. The van der Waals surface area contributed by atoms with Crippen LogP contribution in [-0.2, 0) is 5.41 Å². The second-order valence-electron chi connectivity index (χ2n) is 3.35. The van der Waals surface area contributed by atoms with Crippen LogP contribution in [0, 0.1) is 0 Å². The van der Waals surface area contributed by atoms with Crippen LogP contribution in [0.2, 0.25) is 5.22 Å². The zero-order chi connectivity index (χ0) is 7.78. The maximum atomic E-state index is 5.60. The van der Waals surface area contributed by atoms with E-state index in [1.807, 2.05) is 6.07 Å². The molecule has 0 aliphatic heterocycles. The lowest BCUT2D eigenvalue weighted by molar-refractivity contribution is 0.410. The van der Waals surface area contributed by atoms with E-state index >= 15 is 0 Å². The summed E-state index contributed by atoms with van der Waals surface area (Å²) < 4.78 is 5.21. The minimum Gasteiger partial charge on any atom is -0.449 e. The first kappa shape index (κ1) is 7.67. The molecule has 0 atom stereocenters. The van der Waals surface area contributed by atoms with Gasteiger partial charge in [0.25, 0.3) is 0 Å². The van der Waals surface area contributed by atoms with Crippen LogP contribution in [0.4, 0.5) is 0 Å². The molecule has 1 rings (SSSR count). The zero-order valence-electron chi connectivity index (χ0n) is 6.44. The van der Waals surface area contributed by atoms with Crippen LogP contribution < -0.4 is 0 Å². The van der Waals surface area contributed by atoms with Gasteiger partial charge in [0.05, 0.1) is 0 Å². The number of halogens is 1. The molecule has 1 aromatic heterocycles. The van der Waals surface area contributed by atoms with Gasteiger partial charge in [0.2, 0.25) is 0 Å². The summed E-state index contributed by atoms with van der Waals surface area (Å²) in [4.78, 5) is 0. The average molecular weight is 159 g/mol. The molecule has 0 aromatic carbocycles. The number of hydrogen-bond donors (Lipinski definition) is 0. The van der Waals surface area contributed by atoms with Gasteiger partial charge in [0, 0.05) is 5.41 Å². The third-order valence-electron chi connectivity index (χ3n) is 1.31. The second-order valence-corrected chi connectivity index (χ2v) is 3.73. The van der Waals surface area contributed by atoms with Crippen LogP contribution in [0.15, 0.2) is 16.5 Å². The Kier molecular flexibility index (Phi) is 1.78. The van der Waals surface area contributed by atoms with E-state index in [1.54, 1.807) is 6.07 Å². The van der Waals surface area contributed by atoms with Gasteiger partial charge in [-0.15, -0.1) is 0 Å². The molecular formula is C8H11ClO. The van der Waals surface area contributed by atoms with E-state index in [0.717, 1.165) is 5.76 Å². The Morgan fingerprint density at radius 2 is 1.90 bits per heavy atom. The van der Waals surface area contributed by atoms with Crippen molar-refractivity contribution in [2.24, 2.45) is 0 Å². The van der Waals surface area contributed by atoms with Crippen molar-refractivity contribution in [1.82, 2.24) is 0 Å². The van der Waals surface area contributed by atoms with Crippen molar-refractivity contribution in [3.8, 4) is 0 Å². The molecule has 10 heavy (non-hydrogen) atoms. The highest BCUT2D eigenvalue weighted by atomic mass is 35.5. The molecule has 0 unspecified atom stereocenters. The summed E-state index contributed by atoms with van der Waals surface area (Å²) in [6.07, 6.45) is 0. The van der Waals surface area contributed by atoms with Crippen LogP contribution in [-0.4, -0.2) is 0 Å². The fourth-order valence-corrected chi connectivity index (χ4v) is 0.863. The standard InChI is InChI=1S/C8H11ClO/c1-8(2,3)6-4-5-7(9)10-6/h4-5H,1-3H3. The highest BCUT2D eigenvalue weighted by Gasteiger charge is 2.17. The summed E-state index contributed by atoms with van der Waals surface area (Å²) in [6.45, 7) is 6.26. The van der Waals surface area contributed by atoms with Crippen LogP contribution in [0.3, 0.4) is 0 Å². The monoisotopic (exact) mass is 158 g/mol.